The van der Waals surface area contributed by atoms with Crippen LogP contribution in [0.2, 0.25) is 0 Å². The fourth-order valence-corrected chi connectivity index (χ4v) is 4.05. The van der Waals surface area contributed by atoms with Gasteiger partial charge in [-0.05, 0) is 18.2 Å². The number of ether oxygens (including phenoxy) is 1. The van der Waals surface area contributed by atoms with Crippen LogP contribution in [-0.2, 0) is 13.0 Å². The maximum Gasteiger partial charge on any atom is 0.322 e. The number of thiazole rings is 1. The molecule has 2 aromatic heterocycles. The van der Waals surface area contributed by atoms with E-state index in [1.54, 1.807) is 41.3 Å². The standard InChI is InChI=1S/C20H20N6O3S/c1-29-17-7-6-12(10-22-17)23-20(28)26-9-8-15-16(11-26)30-19(25-15)18(27)24-14-5-3-2-4-13(14)21/h2-7,10H,8-9,11,21H2,1H3,(H,23,28)(H,24,27). The molecule has 0 spiro atoms. The van der Waals surface area contributed by atoms with Gasteiger partial charge in [-0.3, -0.25) is 4.79 Å². The average Bonchev–Trinajstić information content (AvgIpc) is 3.19. The van der Waals surface area contributed by atoms with Crippen LogP contribution in [0.5, 0.6) is 5.88 Å². The molecule has 0 fully saturated rings. The number of nitrogens with zero attached hydrogens (tertiary/aromatic N) is 3. The molecule has 3 aromatic rings. The highest BCUT2D eigenvalue weighted by molar-refractivity contribution is 7.13. The number of rotatable bonds is 4. The molecule has 4 rings (SSSR count). The summed E-state index contributed by atoms with van der Waals surface area (Å²) in [5.74, 6) is 0.163. The Morgan fingerprint density at radius 1 is 1.20 bits per heavy atom. The fourth-order valence-electron chi connectivity index (χ4n) is 3.03. The first-order chi connectivity index (χ1) is 14.5. The molecule has 30 heavy (non-hydrogen) atoms. The molecular weight excluding hydrogens is 404 g/mol. The summed E-state index contributed by atoms with van der Waals surface area (Å²) < 4.78 is 5.02. The van der Waals surface area contributed by atoms with Crippen LogP contribution in [0.25, 0.3) is 0 Å². The lowest BCUT2D eigenvalue weighted by Crippen LogP contribution is -2.38. The number of hydrogen-bond acceptors (Lipinski definition) is 7. The van der Waals surface area contributed by atoms with E-state index in [1.165, 1.54) is 24.6 Å². The Balaban J connectivity index is 1.41. The van der Waals surface area contributed by atoms with E-state index in [0.717, 1.165) is 10.6 Å². The molecule has 0 aliphatic carbocycles. The molecule has 1 aliphatic rings. The number of nitrogen functional groups attached to an aromatic ring is 1. The van der Waals surface area contributed by atoms with Gasteiger partial charge in [-0.2, -0.15) is 0 Å². The molecule has 0 unspecified atom stereocenters. The van der Waals surface area contributed by atoms with Gasteiger partial charge in [-0.25, -0.2) is 14.8 Å². The zero-order valence-electron chi connectivity index (χ0n) is 16.2. The number of urea groups is 1. The number of nitrogens with two attached hydrogens (primary N) is 1. The largest absolute Gasteiger partial charge is 0.481 e. The maximum absolute atomic E-state index is 12.6. The summed E-state index contributed by atoms with van der Waals surface area (Å²) in [6, 6.07) is 10.2. The monoisotopic (exact) mass is 424 g/mol. The Bertz CT molecular complexity index is 1080. The Morgan fingerprint density at radius 3 is 2.77 bits per heavy atom. The summed E-state index contributed by atoms with van der Waals surface area (Å²) in [6.07, 6.45) is 2.12. The third kappa shape index (κ3) is 4.18. The summed E-state index contributed by atoms with van der Waals surface area (Å²) in [5.41, 5.74) is 8.34. The molecule has 3 heterocycles. The first kappa shape index (κ1) is 19.6. The van der Waals surface area contributed by atoms with E-state index < -0.39 is 0 Å². The second-order valence-electron chi connectivity index (χ2n) is 6.62. The zero-order valence-corrected chi connectivity index (χ0v) is 17.0. The van der Waals surface area contributed by atoms with Crippen molar-refractivity contribution < 1.29 is 14.3 Å². The van der Waals surface area contributed by atoms with Crippen molar-refractivity contribution in [3.05, 3.63) is 58.2 Å². The topological polar surface area (TPSA) is 122 Å². The van der Waals surface area contributed by atoms with Gasteiger partial charge in [0, 0.05) is 23.9 Å². The van der Waals surface area contributed by atoms with Gasteiger partial charge in [0.2, 0.25) is 5.88 Å². The predicted octanol–water partition coefficient (Wildman–Crippen LogP) is 2.97. The minimum absolute atomic E-state index is 0.232. The van der Waals surface area contributed by atoms with E-state index in [1.807, 2.05) is 0 Å². The van der Waals surface area contributed by atoms with Crippen LogP contribution in [0.1, 0.15) is 20.4 Å². The van der Waals surface area contributed by atoms with Crippen molar-refractivity contribution in [3.63, 3.8) is 0 Å². The summed E-state index contributed by atoms with van der Waals surface area (Å²) >= 11 is 1.29. The Hall–Kier alpha value is -3.66. The molecule has 1 aromatic carbocycles. The number of carbonyl (C=O) groups excluding carboxylic acids is 2. The van der Waals surface area contributed by atoms with Crippen LogP contribution in [0.4, 0.5) is 21.9 Å². The first-order valence-corrected chi connectivity index (χ1v) is 10.1. The number of fused-ring (bicyclic) bond motifs is 1. The number of hydrogen-bond donors (Lipinski definition) is 3. The lowest BCUT2D eigenvalue weighted by atomic mass is 10.2. The summed E-state index contributed by atoms with van der Waals surface area (Å²) in [7, 11) is 1.53. The smallest absolute Gasteiger partial charge is 0.322 e. The molecule has 3 amide bonds. The fraction of sp³-hybridized carbons (Fsp3) is 0.200. The summed E-state index contributed by atoms with van der Waals surface area (Å²) in [5, 5.41) is 5.96. The quantitative estimate of drug-likeness (QED) is 0.554. The van der Waals surface area contributed by atoms with Crippen molar-refractivity contribution in [2.45, 2.75) is 13.0 Å². The van der Waals surface area contributed by atoms with Crippen LogP contribution >= 0.6 is 11.3 Å². The van der Waals surface area contributed by atoms with Crippen molar-refractivity contribution in [1.29, 1.82) is 0 Å². The predicted molar refractivity (Wildman–Crippen MR) is 115 cm³/mol. The number of para-hydroxylation sites is 2. The van der Waals surface area contributed by atoms with Crippen molar-refractivity contribution in [2.75, 3.05) is 30.0 Å². The summed E-state index contributed by atoms with van der Waals surface area (Å²) in [6.45, 7) is 0.905. The minimum Gasteiger partial charge on any atom is -0.481 e. The van der Waals surface area contributed by atoms with E-state index in [4.69, 9.17) is 10.5 Å². The number of carbonyl (C=O) groups is 2. The van der Waals surface area contributed by atoms with Gasteiger partial charge in [0.05, 0.1) is 42.6 Å². The molecule has 4 N–H and O–H groups in total. The van der Waals surface area contributed by atoms with Gasteiger partial charge in [-0.1, -0.05) is 12.1 Å². The lowest BCUT2D eigenvalue weighted by molar-refractivity contribution is 0.102. The maximum atomic E-state index is 12.6. The molecule has 0 radical (unpaired) electrons. The lowest BCUT2D eigenvalue weighted by Gasteiger charge is -2.26. The van der Waals surface area contributed by atoms with Gasteiger partial charge in [0.25, 0.3) is 5.91 Å². The first-order valence-electron chi connectivity index (χ1n) is 9.24. The highest BCUT2D eigenvalue weighted by Crippen LogP contribution is 2.27. The van der Waals surface area contributed by atoms with Crippen molar-refractivity contribution >= 4 is 40.3 Å². The number of nitrogens with one attached hydrogen (secondary N) is 2. The van der Waals surface area contributed by atoms with Crippen molar-refractivity contribution in [3.8, 4) is 5.88 Å². The van der Waals surface area contributed by atoms with Crippen LogP contribution in [0.3, 0.4) is 0 Å². The van der Waals surface area contributed by atoms with Crippen LogP contribution in [0.15, 0.2) is 42.6 Å². The SMILES string of the molecule is COc1ccc(NC(=O)N2CCc3nc(C(=O)Nc4ccccc4N)sc3C2)cn1. The second-order valence-corrected chi connectivity index (χ2v) is 7.70. The normalized spacial score (nSPS) is 12.8. The van der Waals surface area contributed by atoms with E-state index in [2.05, 4.69) is 20.6 Å². The van der Waals surface area contributed by atoms with Crippen LogP contribution < -0.4 is 21.1 Å². The molecule has 10 heteroatoms. The molecule has 0 saturated heterocycles. The molecule has 0 bridgehead atoms. The number of aromatic nitrogens is 2. The van der Waals surface area contributed by atoms with E-state index in [0.29, 0.717) is 47.5 Å². The molecule has 154 valence electrons. The molecular formula is C20H20N6O3S. The van der Waals surface area contributed by atoms with Crippen LogP contribution in [0, 0.1) is 0 Å². The van der Waals surface area contributed by atoms with Gasteiger partial charge in [0.1, 0.15) is 0 Å². The molecule has 0 atom stereocenters. The third-order valence-electron chi connectivity index (χ3n) is 4.62. The van der Waals surface area contributed by atoms with Gasteiger partial charge >= 0.3 is 6.03 Å². The number of benzene rings is 1. The van der Waals surface area contributed by atoms with E-state index in [9.17, 15) is 9.59 Å². The minimum atomic E-state index is -0.312. The van der Waals surface area contributed by atoms with Crippen LogP contribution in [-0.4, -0.2) is 40.5 Å². The van der Waals surface area contributed by atoms with E-state index in [-0.39, 0.29) is 11.9 Å². The second kappa shape index (κ2) is 8.37. The number of amides is 3. The summed E-state index contributed by atoms with van der Waals surface area (Å²) in [4.78, 5) is 36.3. The zero-order chi connectivity index (χ0) is 21.1. The molecule has 9 nitrogen and oxygen atoms in total. The van der Waals surface area contributed by atoms with Gasteiger partial charge in [-0.15, -0.1) is 11.3 Å². The molecule has 1 aliphatic heterocycles. The Morgan fingerprint density at radius 2 is 2.03 bits per heavy atom. The Labute approximate surface area is 176 Å². The molecule has 0 saturated carbocycles. The number of anilines is 3. The number of pyridine rings is 1. The Kier molecular flexibility index (Phi) is 5.48. The third-order valence-corrected chi connectivity index (χ3v) is 5.70. The van der Waals surface area contributed by atoms with Crippen molar-refractivity contribution in [1.82, 2.24) is 14.9 Å². The van der Waals surface area contributed by atoms with Gasteiger partial charge in [0.15, 0.2) is 5.01 Å². The van der Waals surface area contributed by atoms with Crippen molar-refractivity contribution in [2.24, 2.45) is 0 Å². The highest BCUT2D eigenvalue weighted by Gasteiger charge is 2.26. The highest BCUT2D eigenvalue weighted by atomic mass is 32.1. The number of methoxy groups -OCH3 is 1. The van der Waals surface area contributed by atoms with Gasteiger partial charge < -0.3 is 26.0 Å². The average molecular weight is 424 g/mol. The van der Waals surface area contributed by atoms with E-state index >= 15 is 0 Å².